The van der Waals surface area contributed by atoms with E-state index in [9.17, 15) is 0 Å². The Morgan fingerprint density at radius 1 is 1.55 bits per heavy atom. The number of aromatic amines is 1. The van der Waals surface area contributed by atoms with Crippen molar-refractivity contribution in [2.75, 3.05) is 0 Å². The van der Waals surface area contributed by atoms with Gasteiger partial charge in [-0.05, 0) is 0 Å². The minimum absolute atomic E-state index is 0.149. The molecule has 0 saturated carbocycles. The lowest BCUT2D eigenvalue weighted by Crippen LogP contribution is -1.85. The van der Waals surface area contributed by atoms with Crippen molar-refractivity contribution in [3.05, 3.63) is 18.3 Å². The first-order valence-corrected chi connectivity index (χ1v) is 3.19. The smallest absolute Gasteiger partial charge is 0.160 e. The van der Waals surface area contributed by atoms with Crippen LogP contribution in [0.3, 0.4) is 0 Å². The SMILES string of the molecule is [NH]Cc1nc2cncnc2[nH]1. The Balaban J connectivity index is 2.69. The van der Waals surface area contributed by atoms with Gasteiger partial charge in [0, 0.05) is 0 Å². The molecule has 2 aromatic rings. The van der Waals surface area contributed by atoms with E-state index < -0.39 is 0 Å². The number of nitrogens with one attached hydrogen (secondary N) is 2. The van der Waals surface area contributed by atoms with Crippen LogP contribution >= 0.6 is 0 Å². The van der Waals surface area contributed by atoms with Gasteiger partial charge >= 0.3 is 0 Å². The lowest BCUT2D eigenvalue weighted by molar-refractivity contribution is 0.928. The molecule has 1 radical (unpaired) electrons. The Morgan fingerprint density at radius 2 is 2.45 bits per heavy atom. The van der Waals surface area contributed by atoms with Crippen LogP contribution in [0.1, 0.15) is 5.82 Å². The van der Waals surface area contributed by atoms with Crippen molar-refractivity contribution in [2.24, 2.45) is 0 Å². The van der Waals surface area contributed by atoms with Gasteiger partial charge in [0.15, 0.2) is 5.65 Å². The molecule has 0 spiro atoms. The third-order valence-corrected chi connectivity index (χ3v) is 1.38. The van der Waals surface area contributed by atoms with E-state index in [1.807, 2.05) is 0 Å². The van der Waals surface area contributed by atoms with Gasteiger partial charge in [-0.1, -0.05) is 0 Å². The molecule has 0 aliphatic carbocycles. The zero-order valence-electron chi connectivity index (χ0n) is 5.70. The maximum atomic E-state index is 7.03. The normalized spacial score (nSPS) is 10.6. The highest BCUT2D eigenvalue weighted by Gasteiger charge is 1.99. The highest BCUT2D eigenvalue weighted by atomic mass is 15.0. The molecule has 0 bridgehead atoms. The summed E-state index contributed by atoms with van der Waals surface area (Å²) in [6.45, 7) is 0.149. The summed E-state index contributed by atoms with van der Waals surface area (Å²) in [5.74, 6) is 0.625. The number of nitrogens with zero attached hydrogens (tertiary/aromatic N) is 3. The first-order chi connectivity index (χ1) is 5.40. The van der Waals surface area contributed by atoms with Gasteiger partial charge in [0.25, 0.3) is 0 Å². The molecule has 0 fully saturated rings. The quantitative estimate of drug-likeness (QED) is 0.624. The first kappa shape index (κ1) is 6.23. The average Bonchev–Trinajstić information content (AvgIpc) is 2.46. The lowest BCUT2D eigenvalue weighted by atomic mass is 10.6. The first-order valence-electron chi connectivity index (χ1n) is 3.19. The lowest BCUT2D eigenvalue weighted by Gasteiger charge is -1.80. The number of fused-ring (bicyclic) bond motifs is 1. The molecule has 0 aliphatic rings. The fourth-order valence-corrected chi connectivity index (χ4v) is 0.894. The zero-order chi connectivity index (χ0) is 7.68. The summed E-state index contributed by atoms with van der Waals surface area (Å²) in [5, 5.41) is 0. The molecule has 0 aromatic carbocycles. The van der Waals surface area contributed by atoms with Gasteiger partial charge < -0.3 is 4.98 Å². The van der Waals surface area contributed by atoms with Crippen molar-refractivity contribution >= 4 is 11.2 Å². The molecule has 5 nitrogen and oxygen atoms in total. The van der Waals surface area contributed by atoms with E-state index in [-0.39, 0.29) is 6.54 Å². The van der Waals surface area contributed by atoms with Crippen LogP contribution in [-0.4, -0.2) is 19.9 Å². The molecular weight excluding hydrogens is 142 g/mol. The number of imidazole rings is 1. The molecule has 0 aliphatic heterocycles. The number of aromatic nitrogens is 4. The van der Waals surface area contributed by atoms with Crippen molar-refractivity contribution in [2.45, 2.75) is 6.54 Å². The predicted octanol–water partition coefficient (Wildman–Crippen LogP) is 0.136. The summed E-state index contributed by atoms with van der Waals surface area (Å²) in [5.41, 5.74) is 8.45. The van der Waals surface area contributed by atoms with E-state index in [1.54, 1.807) is 6.20 Å². The van der Waals surface area contributed by atoms with Crippen LogP contribution in [0.4, 0.5) is 0 Å². The van der Waals surface area contributed by atoms with Gasteiger partial charge in [-0.25, -0.2) is 20.7 Å². The molecular formula is C6H6N5. The summed E-state index contributed by atoms with van der Waals surface area (Å²) >= 11 is 0. The molecule has 2 rings (SSSR count). The van der Waals surface area contributed by atoms with E-state index in [0.29, 0.717) is 11.5 Å². The van der Waals surface area contributed by atoms with E-state index in [0.717, 1.165) is 5.52 Å². The van der Waals surface area contributed by atoms with Gasteiger partial charge in [0.05, 0.1) is 12.7 Å². The second-order valence-electron chi connectivity index (χ2n) is 2.12. The van der Waals surface area contributed by atoms with Crippen LogP contribution in [0.2, 0.25) is 0 Å². The molecule has 0 unspecified atom stereocenters. The van der Waals surface area contributed by atoms with Gasteiger partial charge in [-0.2, -0.15) is 0 Å². The Hall–Kier alpha value is -1.49. The minimum atomic E-state index is 0.149. The summed E-state index contributed by atoms with van der Waals surface area (Å²) in [7, 11) is 0. The van der Waals surface area contributed by atoms with Gasteiger partial charge in [-0.15, -0.1) is 0 Å². The number of H-pyrrole nitrogens is 1. The monoisotopic (exact) mass is 148 g/mol. The van der Waals surface area contributed by atoms with Gasteiger partial charge in [0.2, 0.25) is 0 Å². The van der Waals surface area contributed by atoms with Crippen LogP contribution in [0.15, 0.2) is 12.5 Å². The molecule has 0 saturated heterocycles. The summed E-state index contributed by atoms with van der Waals surface area (Å²) in [4.78, 5) is 14.7. The minimum Gasteiger partial charge on any atom is -0.325 e. The Labute approximate surface area is 62.7 Å². The van der Waals surface area contributed by atoms with Crippen LogP contribution in [0, 0.1) is 0 Å². The Bertz CT molecular complexity index is 333. The largest absolute Gasteiger partial charge is 0.325 e. The molecule has 0 amide bonds. The predicted molar refractivity (Wildman–Crippen MR) is 38.5 cm³/mol. The average molecular weight is 148 g/mol. The third kappa shape index (κ3) is 0.947. The maximum absolute atomic E-state index is 7.03. The summed E-state index contributed by atoms with van der Waals surface area (Å²) in [6, 6.07) is 0. The van der Waals surface area contributed by atoms with Gasteiger partial charge in [-0.3, -0.25) is 0 Å². The summed E-state index contributed by atoms with van der Waals surface area (Å²) < 4.78 is 0. The number of hydrogen-bond donors (Lipinski definition) is 1. The number of rotatable bonds is 1. The van der Waals surface area contributed by atoms with Crippen LogP contribution in [-0.2, 0) is 6.54 Å². The maximum Gasteiger partial charge on any atom is 0.160 e. The molecule has 0 atom stereocenters. The molecule has 55 valence electrons. The van der Waals surface area contributed by atoms with Crippen molar-refractivity contribution < 1.29 is 0 Å². The van der Waals surface area contributed by atoms with Gasteiger partial charge in [0.1, 0.15) is 17.7 Å². The van der Waals surface area contributed by atoms with Crippen LogP contribution in [0.25, 0.3) is 11.2 Å². The van der Waals surface area contributed by atoms with E-state index >= 15 is 0 Å². The Morgan fingerprint density at radius 3 is 3.18 bits per heavy atom. The highest BCUT2D eigenvalue weighted by molar-refractivity contribution is 5.68. The van der Waals surface area contributed by atoms with E-state index in [1.165, 1.54) is 6.33 Å². The number of hydrogen-bond acceptors (Lipinski definition) is 3. The van der Waals surface area contributed by atoms with E-state index in [4.69, 9.17) is 5.73 Å². The van der Waals surface area contributed by atoms with Crippen LogP contribution < -0.4 is 5.73 Å². The highest BCUT2D eigenvalue weighted by Crippen LogP contribution is 2.04. The molecule has 5 heteroatoms. The standard InChI is InChI=1S/C6H6N5/c7-1-5-10-4-2-8-3-9-6(4)11-5/h2-3,7H,1H2,(H,8,9,10,11). The molecule has 2 N–H and O–H groups in total. The third-order valence-electron chi connectivity index (χ3n) is 1.38. The summed E-state index contributed by atoms with van der Waals surface area (Å²) in [6.07, 6.45) is 3.08. The molecule has 11 heavy (non-hydrogen) atoms. The fourth-order valence-electron chi connectivity index (χ4n) is 0.894. The fraction of sp³-hybridized carbons (Fsp3) is 0.167. The Kier molecular flexibility index (Phi) is 1.29. The molecule has 2 aromatic heterocycles. The van der Waals surface area contributed by atoms with Crippen molar-refractivity contribution in [1.29, 1.82) is 0 Å². The topological polar surface area (TPSA) is 78.3 Å². The zero-order valence-corrected chi connectivity index (χ0v) is 5.70. The second kappa shape index (κ2) is 2.28. The van der Waals surface area contributed by atoms with Crippen molar-refractivity contribution in [1.82, 2.24) is 25.7 Å². The van der Waals surface area contributed by atoms with E-state index in [2.05, 4.69) is 19.9 Å². The van der Waals surface area contributed by atoms with Crippen LogP contribution in [0.5, 0.6) is 0 Å². The second-order valence-corrected chi connectivity index (χ2v) is 2.12. The molecule has 2 heterocycles. The van der Waals surface area contributed by atoms with Crippen molar-refractivity contribution in [3.63, 3.8) is 0 Å². The van der Waals surface area contributed by atoms with Crippen molar-refractivity contribution in [3.8, 4) is 0 Å².